The van der Waals surface area contributed by atoms with E-state index in [0.29, 0.717) is 6.54 Å². The summed E-state index contributed by atoms with van der Waals surface area (Å²) in [6, 6.07) is 0. The summed E-state index contributed by atoms with van der Waals surface area (Å²) in [6.45, 7) is 10.4. The lowest BCUT2D eigenvalue weighted by atomic mass is 9.97. The van der Waals surface area contributed by atoms with Gasteiger partial charge in [0.1, 0.15) is 0 Å². The first-order chi connectivity index (χ1) is 12.2. The van der Waals surface area contributed by atoms with E-state index in [-0.39, 0.29) is 30.9 Å². The molecule has 1 unspecified atom stereocenters. The van der Waals surface area contributed by atoms with E-state index in [1.165, 1.54) is 0 Å². The van der Waals surface area contributed by atoms with E-state index >= 15 is 0 Å². The van der Waals surface area contributed by atoms with Crippen molar-refractivity contribution < 1.29 is 28.2 Å². The number of halogens is 2. The largest absolute Gasteiger partial charge is 0.425 e. The first kappa shape index (κ1) is 26.7. The van der Waals surface area contributed by atoms with Crippen LogP contribution in [0.3, 0.4) is 0 Å². The van der Waals surface area contributed by atoms with Crippen molar-refractivity contribution in [2.24, 2.45) is 10.8 Å². The summed E-state index contributed by atoms with van der Waals surface area (Å²) in [6.07, 6.45) is -0.973. The average molecular weight is 448 g/mol. The van der Waals surface area contributed by atoms with Gasteiger partial charge in [-0.25, -0.2) is 5.09 Å². The van der Waals surface area contributed by atoms with Crippen molar-refractivity contribution in [2.75, 3.05) is 31.1 Å². The Morgan fingerprint density at radius 3 is 1.81 bits per heavy atom. The van der Waals surface area contributed by atoms with Gasteiger partial charge in [-0.05, 0) is 41.5 Å². The van der Waals surface area contributed by atoms with Crippen LogP contribution < -0.4 is 5.09 Å². The Morgan fingerprint density at radius 1 is 0.963 bits per heavy atom. The van der Waals surface area contributed by atoms with Crippen LogP contribution in [0.5, 0.6) is 0 Å². The van der Waals surface area contributed by atoms with Crippen LogP contribution >= 0.6 is 30.7 Å². The highest BCUT2D eigenvalue weighted by Gasteiger charge is 2.32. The normalized spacial score (nSPS) is 14.7. The van der Waals surface area contributed by atoms with Gasteiger partial charge in [-0.1, -0.05) is 0 Å². The molecule has 0 aromatic carbocycles. The molecule has 0 aromatic heterocycles. The quantitative estimate of drug-likeness (QED) is 0.220. The van der Waals surface area contributed by atoms with Gasteiger partial charge in [0, 0.05) is 24.7 Å². The molecule has 0 amide bonds. The van der Waals surface area contributed by atoms with Gasteiger partial charge in [0.15, 0.2) is 0 Å². The second-order valence-corrected chi connectivity index (χ2v) is 11.2. The highest BCUT2D eigenvalue weighted by Crippen LogP contribution is 2.42. The van der Waals surface area contributed by atoms with E-state index in [1.54, 1.807) is 41.5 Å². The molecule has 0 saturated heterocycles. The lowest BCUT2D eigenvalue weighted by Crippen LogP contribution is -2.35. The van der Waals surface area contributed by atoms with Crippen LogP contribution in [0.4, 0.5) is 0 Å². The van der Waals surface area contributed by atoms with Crippen molar-refractivity contribution in [3.05, 3.63) is 0 Å². The zero-order valence-corrected chi connectivity index (χ0v) is 19.4. The third kappa shape index (κ3) is 11.3. The Bertz CT molecular complexity index is 502. The van der Waals surface area contributed by atoms with Crippen LogP contribution in [0.2, 0.25) is 0 Å². The molecule has 0 saturated carbocycles. The highest BCUT2D eigenvalue weighted by molar-refractivity contribution is 7.57. The molecule has 0 aliphatic carbocycles. The number of carbonyl (C=O) groups is 2. The number of alkyl halides is 2. The zero-order valence-electron chi connectivity index (χ0n) is 17.0. The minimum atomic E-state index is -3.17. The molecule has 1 atom stereocenters. The van der Waals surface area contributed by atoms with Crippen LogP contribution in [0.25, 0.3) is 0 Å². The van der Waals surface area contributed by atoms with Gasteiger partial charge >= 0.3 is 11.9 Å². The summed E-state index contributed by atoms with van der Waals surface area (Å²) >= 11 is 11.3. The maximum absolute atomic E-state index is 12.6. The number of nitrogens with one attached hydrogen (secondary N) is 1. The molecule has 160 valence electrons. The second-order valence-electron chi connectivity index (χ2n) is 8.05. The Kier molecular flexibility index (Phi) is 11.5. The number of esters is 2. The van der Waals surface area contributed by atoms with Crippen molar-refractivity contribution in [3.63, 3.8) is 0 Å². The van der Waals surface area contributed by atoms with E-state index in [9.17, 15) is 14.2 Å². The minimum Gasteiger partial charge on any atom is -0.425 e. The highest BCUT2D eigenvalue weighted by atomic mass is 35.5. The van der Waals surface area contributed by atoms with E-state index in [1.807, 2.05) is 0 Å². The SMILES string of the molecule is CC(C)(C)C(=O)OC(CCOP(=O)(CCCl)NCCCl)OC(=O)C(C)(C)C. The molecule has 27 heavy (non-hydrogen) atoms. The third-order valence-corrected chi connectivity index (χ3v) is 5.94. The molecule has 0 radical (unpaired) electrons. The van der Waals surface area contributed by atoms with Crippen molar-refractivity contribution >= 4 is 42.7 Å². The van der Waals surface area contributed by atoms with E-state index < -0.39 is 36.6 Å². The van der Waals surface area contributed by atoms with Gasteiger partial charge in [-0.2, -0.15) is 0 Å². The maximum atomic E-state index is 12.6. The fraction of sp³-hybridized carbons (Fsp3) is 0.882. The van der Waals surface area contributed by atoms with Crippen LogP contribution in [0, 0.1) is 10.8 Å². The van der Waals surface area contributed by atoms with Gasteiger partial charge in [0.2, 0.25) is 6.29 Å². The van der Waals surface area contributed by atoms with Crippen LogP contribution in [0.15, 0.2) is 0 Å². The number of rotatable bonds is 11. The molecule has 0 spiro atoms. The van der Waals surface area contributed by atoms with E-state index in [2.05, 4.69) is 5.09 Å². The fourth-order valence-electron chi connectivity index (χ4n) is 1.54. The Hall–Kier alpha value is -0.330. The molecule has 1 N–H and O–H groups in total. The second kappa shape index (κ2) is 11.6. The molecule has 0 aromatic rings. The smallest absolute Gasteiger partial charge is 0.314 e. The molecular formula is C17H32Cl2NO6P. The van der Waals surface area contributed by atoms with Crippen molar-refractivity contribution in [1.29, 1.82) is 0 Å². The predicted molar refractivity (Wildman–Crippen MR) is 107 cm³/mol. The van der Waals surface area contributed by atoms with E-state index in [4.69, 9.17) is 37.2 Å². The van der Waals surface area contributed by atoms with Crippen molar-refractivity contribution in [2.45, 2.75) is 54.3 Å². The topological polar surface area (TPSA) is 90.9 Å². The molecule has 0 aliphatic heterocycles. The molecular weight excluding hydrogens is 416 g/mol. The fourth-order valence-corrected chi connectivity index (χ4v) is 3.89. The summed E-state index contributed by atoms with van der Waals surface area (Å²) in [4.78, 5) is 24.3. The summed E-state index contributed by atoms with van der Waals surface area (Å²) in [5.74, 6) is -0.615. The molecule has 0 heterocycles. The third-order valence-electron chi connectivity index (χ3n) is 3.18. The Morgan fingerprint density at radius 2 is 1.44 bits per heavy atom. The maximum Gasteiger partial charge on any atom is 0.314 e. The molecule has 0 rings (SSSR count). The van der Waals surface area contributed by atoms with E-state index in [0.717, 1.165) is 0 Å². The van der Waals surface area contributed by atoms with Gasteiger partial charge in [-0.15, -0.1) is 23.2 Å². The lowest BCUT2D eigenvalue weighted by molar-refractivity contribution is -0.200. The van der Waals surface area contributed by atoms with Crippen LogP contribution in [0.1, 0.15) is 48.0 Å². The number of ether oxygens (including phenoxy) is 2. The molecule has 0 aliphatic rings. The first-order valence-electron chi connectivity index (χ1n) is 8.78. The predicted octanol–water partition coefficient (Wildman–Crippen LogP) is 4.16. The van der Waals surface area contributed by atoms with Gasteiger partial charge in [0.05, 0.1) is 23.6 Å². The van der Waals surface area contributed by atoms with Gasteiger partial charge < -0.3 is 14.0 Å². The number of carbonyl (C=O) groups excluding carboxylic acids is 2. The first-order valence-corrected chi connectivity index (χ1v) is 11.7. The standard InChI is InChI=1S/C17H32Cl2NO6P/c1-16(2,3)14(21)25-13(26-15(22)17(4,5)6)7-11-24-27(23,12-9-19)20-10-8-18/h13H,7-12H2,1-6H3,(H,20,23). The number of hydrogen-bond acceptors (Lipinski definition) is 6. The summed E-state index contributed by atoms with van der Waals surface area (Å²) < 4.78 is 28.7. The molecule has 10 heteroatoms. The van der Waals surface area contributed by atoms with Crippen LogP contribution in [-0.2, 0) is 28.2 Å². The summed E-state index contributed by atoms with van der Waals surface area (Å²) in [5, 5.41) is 2.75. The van der Waals surface area contributed by atoms with Gasteiger partial charge in [-0.3, -0.25) is 14.2 Å². The molecule has 7 nitrogen and oxygen atoms in total. The molecule has 0 bridgehead atoms. The van der Waals surface area contributed by atoms with Gasteiger partial charge in [0.25, 0.3) is 7.52 Å². The average Bonchev–Trinajstić information content (AvgIpc) is 2.51. The monoisotopic (exact) mass is 447 g/mol. The van der Waals surface area contributed by atoms with Crippen molar-refractivity contribution in [3.8, 4) is 0 Å². The lowest BCUT2D eigenvalue weighted by Gasteiger charge is -2.26. The summed E-state index contributed by atoms with van der Waals surface area (Å²) in [5.41, 5.74) is -1.52. The zero-order chi connectivity index (χ0) is 21.3. The van der Waals surface area contributed by atoms with Crippen molar-refractivity contribution in [1.82, 2.24) is 5.09 Å². The summed E-state index contributed by atoms with van der Waals surface area (Å²) in [7, 11) is -3.17. The Labute approximate surface area is 172 Å². The number of hydrogen-bond donors (Lipinski definition) is 1. The molecule has 0 fully saturated rings. The van der Waals surface area contributed by atoms with Crippen LogP contribution in [-0.4, -0.2) is 49.3 Å². The minimum absolute atomic E-state index is 0.0401. The Balaban J connectivity index is 4.99.